The minimum absolute atomic E-state index is 0.129. The molecule has 4 rings (SSSR count). The van der Waals surface area contributed by atoms with E-state index in [4.69, 9.17) is 9.47 Å². The Kier molecular flexibility index (Phi) is 10.2. The third kappa shape index (κ3) is 8.52. The monoisotopic (exact) mass is 605 g/mol. The normalized spacial score (nSPS) is 15.2. The number of ether oxygens (including phenoxy) is 2. The Morgan fingerprint density at radius 1 is 1.16 bits per heavy atom. The molecular formula is C27H36BrN5O4S. The van der Waals surface area contributed by atoms with E-state index >= 15 is 0 Å². The van der Waals surface area contributed by atoms with E-state index in [0.717, 1.165) is 59.8 Å². The molecule has 11 heteroatoms. The third-order valence-corrected chi connectivity index (χ3v) is 7.75. The largest absolute Gasteiger partial charge is 0.490 e. The predicted molar refractivity (Wildman–Crippen MR) is 155 cm³/mol. The maximum Gasteiger partial charge on any atom is 0.163 e. The van der Waals surface area contributed by atoms with E-state index in [1.165, 1.54) is 11.8 Å². The fourth-order valence-corrected chi connectivity index (χ4v) is 5.17. The molecule has 0 aliphatic carbocycles. The number of benzene rings is 2. The number of aromatic nitrogens is 2. The Bertz CT molecular complexity index is 1340. The van der Waals surface area contributed by atoms with Crippen LogP contribution in [0.4, 0.5) is 11.5 Å². The first kappa shape index (κ1) is 28.5. The lowest BCUT2D eigenvalue weighted by Crippen LogP contribution is -2.24. The summed E-state index contributed by atoms with van der Waals surface area (Å²) in [5.74, 6) is 2.15. The van der Waals surface area contributed by atoms with E-state index in [2.05, 4.69) is 66.7 Å². The van der Waals surface area contributed by atoms with Gasteiger partial charge in [-0.1, -0.05) is 22.0 Å². The van der Waals surface area contributed by atoms with Crippen molar-refractivity contribution in [3.8, 4) is 11.5 Å². The number of hydrogen-bond acceptors (Lipinski definition) is 9. The summed E-state index contributed by atoms with van der Waals surface area (Å²) in [6, 6.07) is 10.1. The number of rotatable bonds is 8. The molecule has 0 atom stereocenters. The number of hydrogen-bond donors (Lipinski definition) is 2. The molecule has 0 saturated heterocycles. The van der Waals surface area contributed by atoms with E-state index < -0.39 is 9.84 Å². The van der Waals surface area contributed by atoms with Crippen molar-refractivity contribution >= 4 is 48.2 Å². The van der Waals surface area contributed by atoms with Crippen LogP contribution in [0.15, 0.2) is 41.1 Å². The average Bonchev–Trinajstić information content (AvgIpc) is 2.86. The maximum atomic E-state index is 11.3. The molecule has 0 radical (unpaired) electrons. The summed E-state index contributed by atoms with van der Waals surface area (Å²) < 4.78 is 35.9. The quantitative estimate of drug-likeness (QED) is 0.358. The minimum Gasteiger partial charge on any atom is -0.490 e. The molecule has 2 N–H and O–H groups in total. The van der Waals surface area contributed by atoms with Crippen molar-refractivity contribution in [2.75, 3.05) is 57.2 Å². The van der Waals surface area contributed by atoms with Crippen molar-refractivity contribution in [3.05, 3.63) is 46.7 Å². The Morgan fingerprint density at radius 2 is 2.03 bits per heavy atom. The summed E-state index contributed by atoms with van der Waals surface area (Å²) in [5.41, 5.74) is 2.94. The highest BCUT2D eigenvalue weighted by atomic mass is 79.9. The van der Waals surface area contributed by atoms with Gasteiger partial charge in [0.25, 0.3) is 0 Å². The van der Waals surface area contributed by atoms with E-state index in [9.17, 15) is 8.42 Å². The molecule has 3 aromatic rings. The van der Waals surface area contributed by atoms with Crippen molar-refractivity contribution < 1.29 is 17.9 Å². The summed E-state index contributed by atoms with van der Waals surface area (Å²) in [6.07, 6.45) is 6.66. The molecule has 1 aliphatic heterocycles. The summed E-state index contributed by atoms with van der Waals surface area (Å²) >= 11 is 3.61. The van der Waals surface area contributed by atoms with Gasteiger partial charge in [-0.25, -0.2) is 18.4 Å². The Balaban J connectivity index is 1.55. The van der Waals surface area contributed by atoms with Crippen molar-refractivity contribution in [2.45, 2.75) is 32.2 Å². The first-order valence-corrected chi connectivity index (χ1v) is 15.8. The van der Waals surface area contributed by atoms with Gasteiger partial charge < -0.3 is 25.0 Å². The average molecular weight is 607 g/mol. The van der Waals surface area contributed by atoms with Crippen molar-refractivity contribution in [3.63, 3.8) is 0 Å². The van der Waals surface area contributed by atoms with Crippen molar-refractivity contribution in [1.82, 2.24) is 20.2 Å². The molecule has 1 aliphatic rings. The molecule has 0 unspecified atom stereocenters. The minimum atomic E-state index is -2.96. The second kappa shape index (κ2) is 13.5. The number of anilines is 2. The van der Waals surface area contributed by atoms with Crippen LogP contribution in [0, 0.1) is 0 Å². The van der Waals surface area contributed by atoms with Crippen LogP contribution >= 0.6 is 15.9 Å². The lowest BCUT2D eigenvalue weighted by atomic mass is 10.1. The van der Waals surface area contributed by atoms with E-state index in [0.29, 0.717) is 43.6 Å². The van der Waals surface area contributed by atoms with Crippen LogP contribution in [0.3, 0.4) is 0 Å². The smallest absolute Gasteiger partial charge is 0.163 e. The van der Waals surface area contributed by atoms with E-state index in [-0.39, 0.29) is 5.75 Å². The number of fused-ring (bicyclic) bond motifs is 2. The highest BCUT2D eigenvalue weighted by molar-refractivity contribution is 9.10. The number of sulfone groups is 1. The Hall–Kier alpha value is -2.47. The molecule has 206 valence electrons. The zero-order chi connectivity index (χ0) is 27.0. The molecule has 0 amide bonds. The topological polar surface area (TPSA) is 106 Å². The third-order valence-electron chi connectivity index (χ3n) is 6.31. The van der Waals surface area contributed by atoms with Crippen LogP contribution in [0.5, 0.6) is 11.5 Å². The number of nitrogens with zero attached hydrogens (tertiary/aromatic N) is 3. The van der Waals surface area contributed by atoms with E-state index in [1.807, 2.05) is 12.1 Å². The molecule has 38 heavy (non-hydrogen) atoms. The van der Waals surface area contributed by atoms with Crippen LogP contribution < -0.4 is 20.1 Å². The summed E-state index contributed by atoms with van der Waals surface area (Å²) in [6.45, 7) is 4.01. The van der Waals surface area contributed by atoms with Gasteiger partial charge in [-0.2, -0.15) is 0 Å². The van der Waals surface area contributed by atoms with Crippen LogP contribution in [-0.2, 0) is 16.4 Å². The molecule has 9 nitrogen and oxygen atoms in total. The van der Waals surface area contributed by atoms with E-state index in [1.54, 1.807) is 6.33 Å². The Labute approximate surface area is 233 Å². The van der Waals surface area contributed by atoms with Gasteiger partial charge in [-0.15, -0.1) is 0 Å². The van der Waals surface area contributed by atoms with Gasteiger partial charge in [0.1, 0.15) is 22.0 Å². The van der Waals surface area contributed by atoms with Crippen LogP contribution in [0.25, 0.3) is 10.9 Å². The zero-order valence-electron chi connectivity index (χ0n) is 22.0. The first-order chi connectivity index (χ1) is 18.3. The van der Waals surface area contributed by atoms with Crippen LogP contribution in [0.1, 0.15) is 31.2 Å². The van der Waals surface area contributed by atoms with Gasteiger partial charge in [0, 0.05) is 41.0 Å². The van der Waals surface area contributed by atoms with Gasteiger partial charge >= 0.3 is 0 Å². The summed E-state index contributed by atoms with van der Waals surface area (Å²) in [7, 11) is -0.811. The standard InChI is InChI=1S/C27H36BrN5O4S/c1-33-11-4-3-5-12-36-25-16-22-24(17-26(25)37-13-6-9-29-10-14-38(2,34)35)30-19-31-27(22)32-23-15-21(28)8-7-20(23)18-33/h7-8,15-17,19,29H,3-6,9-14,18H2,1-2H3,(H,30,31,32). The molecular weight excluding hydrogens is 570 g/mol. The van der Waals surface area contributed by atoms with Crippen LogP contribution in [-0.4, -0.2) is 75.2 Å². The van der Waals surface area contributed by atoms with Gasteiger partial charge in [0.15, 0.2) is 11.5 Å². The molecule has 0 spiro atoms. The Morgan fingerprint density at radius 3 is 2.87 bits per heavy atom. The van der Waals surface area contributed by atoms with Gasteiger partial charge in [-0.05, 0) is 69.6 Å². The van der Waals surface area contributed by atoms with Gasteiger partial charge in [0.05, 0.1) is 24.5 Å². The first-order valence-electron chi connectivity index (χ1n) is 13.0. The predicted octanol–water partition coefficient (Wildman–Crippen LogP) is 4.53. The molecule has 0 saturated carbocycles. The van der Waals surface area contributed by atoms with Crippen molar-refractivity contribution in [2.24, 2.45) is 0 Å². The zero-order valence-corrected chi connectivity index (χ0v) is 24.4. The lowest BCUT2D eigenvalue weighted by molar-refractivity contribution is 0.257. The second-order valence-corrected chi connectivity index (χ2v) is 12.9. The SMILES string of the molecule is CN1CCCCCOc2cc3c(ncnc3cc2OCCCNCCS(C)(=O)=O)Nc2cc(Br)ccc2C1. The molecule has 2 aromatic carbocycles. The fourth-order valence-electron chi connectivity index (χ4n) is 4.29. The second-order valence-electron chi connectivity index (χ2n) is 9.69. The van der Waals surface area contributed by atoms with Crippen molar-refractivity contribution in [1.29, 1.82) is 0 Å². The summed E-state index contributed by atoms with van der Waals surface area (Å²) in [5, 5.41) is 7.54. The molecule has 2 bridgehead atoms. The number of halogens is 1. The number of nitrogens with one attached hydrogen (secondary N) is 2. The maximum absolute atomic E-state index is 11.3. The van der Waals surface area contributed by atoms with Crippen LogP contribution in [0.2, 0.25) is 0 Å². The summed E-state index contributed by atoms with van der Waals surface area (Å²) in [4.78, 5) is 11.4. The highest BCUT2D eigenvalue weighted by Crippen LogP contribution is 2.36. The molecule has 1 aromatic heterocycles. The van der Waals surface area contributed by atoms with Gasteiger partial charge in [-0.3, -0.25) is 0 Å². The lowest BCUT2D eigenvalue weighted by Gasteiger charge is -2.20. The highest BCUT2D eigenvalue weighted by Gasteiger charge is 2.15. The molecule has 0 fully saturated rings. The fraction of sp³-hybridized carbons (Fsp3) is 0.481. The van der Waals surface area contributed by atoms with Gasteiger partial charge in [0.2, 0.25) is 0 Å². The molecule has 2 heterocycles.